The van der Waals surface area contributed by atoms with E-state index < -0.39 is 0 Å². The number of benzene rings is 6. The van der Waals surface area contributed by atoms with Gasteiger partial charge in [-0.25, -0.2) is 0 Å². The number of nitrogens with zero attached hydrogens (tertiary/aromatic N) is 1. The second-order valence-corrected chi connectivity index (χ2v) is 10.4. The fraction of sp³-hybridized carbons (Fsp3) is 0. The molecule has 6 aromatic carbocycles. The zero-order chi connectivity index (χ0) is 24.3. The van der Waals surface area contributed by atoms with Crippen molar-refractivity contribution in [2.45, 2.75) is 0 Å². The number of hydrogen-bond acceptors (Lipinski definition) is 3. The second-order valence-electron chi connectivity index (χ2n) is 9.37. The summed E-state index contributed by atoms with van der Waals surface area (Å²) in [7, 11) is 0. The van der Waals surface area contributed by atoms with Gasteiger partial charge in [-0.1, -0.05) is 66.7 Å². The minimum atomic E-state index is 0.912. The largest absolute Gasteiger partial charge is 0.456 e. The van der Waals surface area contributed by atoms with E-state index in [4.69, 9.17) is 4.42 Å². The monoisotopic (exact) mass is 491 g/mol. The lowest BCUT2D eigenvalue weighted by Crippen LogP contribution is -2.09. The molecule has 8 aromatic rings. The van der Waals surface area contributed by atoms with Gasteiger partial charge in [-0.15, -0.1) is 11.3 Å². The molecule has 0 unspecified atom stereocenters. The van der Waals surface area contributed by atoms with Gasteiger partial charge in [0.1, 0.15) is 11.2 Å². The summed E-state index contributed by atoms with van der Waals surface area (Å²) in [6.45, 7) is 0. The van der Waals surface area contributed by atoms with Gasteiger partial charge in [0.15, 0.2) is 0 Å². The van der Waals surface area contributed by atoms with Crippen LogP contribution in [0.3, 0.4) is 0 Å². The van der Waals surface area contributed by atoms with Crippen molar-refractivity contribution < 1.29 is 4.42 Å². The molecular weight excluding hydrogens is 470 g/mol. The molecular formula is C34H21NOS. The van der Waals surface area contributed by atoms with Crippen LogP contribution in [-0.2, 0) is 0 Å². The van der Waals surface area contributed by atoms with Crippen molar-refractivity contribution in [3.05, 3.63) is 127 Å². The van der Waals surface area contributed by atoms with Crippen LogP contribution < -0.4 is 4.90 Å². The Balaban J connectivity index is 1.43. The molecule has 0 saturated heterocycles. The maximum atomic E-state index is 6.38. The maximum Gasteiger partial charge on any atom is 0.136 e. The molecule has 37 heavy (non-hydrogen) atoms. The van der Waals surface area contributed by atoms with Crippen LogP contribution in [0.5, 0.6) is 0 Å². The molecule has 0 fully saturated rings. The number of fused-ring (bicyclic) bond motifs is 9. The number of hydrogen-bond donors (Lipinski definition) is 0. The van der Waals surface area contributed by atoms with Gasteiger partial charge in [0.2, 0.25) is 0 Å². The average molecular weight is 492 g/mol. The Morgan fingerprint density at radius 3 is 1.97 bits per heavy atom. The van der Waals surface area contributed by atoms with Crippen molar-refractivity contribution in [1.82, 2.24) is 0 Å². The highest BCUT2D eigenvalue weighted by Gasteiger charge is 2.18. The third kappa shape index (κ3) is 3.11. The van der Waals surface area contributed by atoms with Gasteiger partial charge in [-0.3, -0.25) is 0 Å². The third-order valence-electron chi connectivity index (χ3n) is 7.23. The molecule has 0 saturated carbocycles. The van der Waals surface area contributed by atoms with Crippen LogP contribution in [0.2, 0.25) is 0 Å². The molecule has 8 rings (SSSR count). The van der Waals surface area contributed by atoms with Crippen molar-refractivity contribution in [3.63, 3.8) is 0 Å². The third-order valence-corrected chi connectivity index (χ3v) is 8.42. The topological polar surface area (TPSA) is 16.4 Å². The van der Waals surface area contributed by atoms with Crippen LogP contribution in [0.25, 0.3) is 52.9 Å². The Labute approximate surface area is 217 Å². The molecule has 2 nitrogen and oxygen atoms in total. The van der Waals surface area contributed by atoms with Crippen molar-refractivity contribution in [3.8, 4) is 0 Å². The summed E-state index contributed by atoms with van der Waals surface area (Å²) in [6, 6.07) is 45.1. The maximum absolute atomic E-state index is 6.38. The summed E-state index contributed by atoms with van der Waals surface area (Å²) in [5.74, 6) is 0. The Hall–Kier alpha value is -4.60. The SMILES string of the molecule is c1ccc(N(c2ccccc2)c2ccc3oc4ccc5c(sc6ccc7ccccc7c65)c4c3c2)cc1. The fourth-order valence-electron chi connectivity index (χ4n) is 5.59. The summed E-state index contributed by atoms with van der Waals surface area (Å²) >= 11 is 1.86. The standard InChI is InChI=1S/C34H21NOS/c1-3-10-23(11-4-1)35(24-12-5-2-6-13-24)25-16-18-29-28(21-25)33-30(36-29)19-17-27-32-26-14-8-7-9-22(26)15-20-31(32)37-34(27)33/h1-21H. The van der Waals surface area contributed by atoms with E-state index in [1.807, 2.05) is 11.3 Å². The quantitative estimate of drug-likeness (QED) is 0.244. The van der Waals surface area contributed by atoms with Crippen LogP contribution >= 0.6 is 11.3 Å². The molecule has 0 aliphatic heterocycles. The predicted molar refractivity (Wildman–Crippen MR) is 159 cm³/mol. The number of rotatable bonds is 3. The molecule has 0 aliphatic rings. The highest BCUT2D eigenvalue weighted by Crippen LogP contribution is 2.45. The summed E-state index contributed by atoms with van der Waals surface area (Å²) < 4.78 is 8.97. The molecule has 3 heteroatoms. The van der Waals surface area contributed by atoms with Crippen molar-refractivity contribution >= 4 is 81.3 Å². The Morgan fingerprint density at radius 2 is 1.19 bits per heavy atom. The summed E-state index contributed by atoms with van der Waals surface area (Å²) in [5.41, 5.74) is 5.20. The van der Waals surface area contributed by atoms with Gasteiger partial charge >= 0.3 is 0 Å². The van der Waals surface area contributed by atoms with E-state index in [1.165, 1.54) is 36.3 Å². The van der Waals surface area contributed by atoms with Crippen LogP contribution in [-0.4, -0.2) is 0 Å². The average Bonchev–Trinajstić information content (AvgIpc) is 3.52. The zero-order valence-corrected chi connectivity index (χ0v) is 20.7. The first-order valence-electron chi connectivity index (χ1n) is 12.4. The first-order chi connectivity index (χ1) is 18.3. The smallest absolute Gasteiger partial charge is 0.136 e. The highest BCUT2D eigenvalue weighted by molar-refractivity contribution is 7.27. The molecule has 2 heterocycles. The van der Waals surface area contributed by atoms with E-state index in [0.29, 0.717) is 0 Å². The first kappa shape index (κ1) is 20.6. The fourth-order valence-corrected chi connectivity index (χ4v) is 6.86. The molecule has 0 bridgehead atoms. The van der Waals surface area contributed by atoms with Gasteiger partial charge in [-0.2, -0.15) is 0 Å². The van der Waals surface area contributed by atoms with Crippen molar-refractivity contribution in [2.75, 3.05) is 4.90 Å². The van der Waals surface area contributed by atoms with Crippen LogP contribution in [0, 0.1) is 0 Å². The molecule has 0 aliphatic carbocycles. The molecule has 0 atom stereocenters. The van der Waals surface area contributed by atoms with Gasteiger partial charge in [0.05, 0.1) is 0 Å². The van der Waals surface area contributed by atoms with E-state index in [2.05, 4.69) is 132 Å². The second kappa shape index (κ2) is 7.95. The van der Waals surface area contributed by atoms with E-state index in [0.717, 1.165) is 33.6 Å². The minimum Gasteiger partial charge on any atom is -0.456 e. The van der Waals surface area contributed by atoms with Crippen LogP contribution in [0.1, 0.15) is 0 Å². The number of thiophene rings is 1. The number of para-hydroxylation sites is 2. The number of furan rings is 1. The normalized spacial score (nSPS) is 11.8. The molecule has 2 aromatic heterocycles. The van der Waals surface area contributed by atoms with Crippen LogP contribution in [0.15, 0.2) is 132 Å². The van der Waals surface area contributed by atoms with Crippen LogP contribution in [0.4, 0.5) is 17.1 Å². The predicted octanol–water partition coefficient (Wildman–Crippen LogP) is 10.6. The van der Waals surface area contributed by atoms with Crippen molar-refractivity contribution in [1.29, 1.82) is 0 Å². The molecule has 0 radical (unpaired) electrons. The van der Waals surface area contributed by atoms with Gasteiger partial charge in [0.25, 0.3) is 0 Å². The molecule has 174 valence electrons. The van der Waals surface area contributed by atoms with Gasteiger partial charge < -0.3 is 9.32 Å². The Morgan fingerprint density at radius 1 is 0.486 bits per heavy atom. The van der Waals surface area contributed by atoms with Gasteiger partial charge in [0, 0.05) is 48.0 Å². The van der Waals surface area contributed by atoms with Gasteiger partial charge in [-0.05, 0) is 71.4 Å². The Bertz CT molecular complexity index is 2050. The molecule has 0 amide bonds. The van der Waals surface area contributed by atoms with E-state index in [9.17, 15) is 0 Å². The lowest BCUT2D eigenvalue weighted by molar-refractivity contribution is 0.669. The van der Waals surface area contributed by atoms with E-state index in [-0.39, 0.29) is 0 Å². The number of anilines is 3. The Kier molecular flexibility index (Phi) is 4.42. The van der Waals surface area contributed by atoms with E-state index in [1.54, 1.807) is 0 Å². The minimum absolute atomic E-state index is 0.912. The van der Waals surface area contributed by atoms with E-state index >= 15 is 0 Å². The molecule has 0 N–H and O–H groups in total. The summed E-state index contributed by atoms with van der Waals surface area (Å²) in [4.78, 5) is 2.30. The zero-order valence-electron chi connectivity index (χ0n) is 19.9. The molecule has 0 spiro atoms. The lowest BCUT2D eigenvalue weighted by Gasteiger charge is -2.25. The summed E-state index contributed by atoms with van der Waals surface area (Å²) in [5, 5.41) is 7.54. The summed E-state index contributed by atoms with van der Waals surface area (Å²) in [6.07, 6.45) is 0. The first-order valence-corrected chi connectivity index (χ1v) is 13.3. The lowest BCUT2D eigenvalue weighted by atomic mass is 10.0. The highest BCUT2D eigenvalue weighted by atomic mass is 32.1. The van der Waals surface area contributed by atoms with Crippen molar-refractivity contribution in [2.24, 2.45) is 0 Å².